The lowest BCUT2D eigenvalue weighted by Crippen LogP contribution is -2.59. The second kappa shape index (κ2) is 30.1. The summed E-state index contributed by atoms with van der Waals surface area (Å²) in [6, 6.07) is 0.0630. The number of aromatic hydroxyl groups is 3. The number of halogens is 2. The molecule has 29 heteroatoms. The molecular weight excluding hydrogens is 1240 g/mol. The van der Waals surface area contributed by atoms with E-state index in [-0.39, 0.29) is 79.9 Å². The Kier molecular flexibility index (Phi) is 22.4. The number of fused-ring (bicyclic) bond motifs is 15. The quantitative estimate of drug-likeness (QED) is 0.0550. The number of rotatable bonds is 16. The normalized spacial score (nSPS) is 20.9. The molecule has 490 valence electrons. The average molecular weight is 1310 g/mol. The van der Waals surface area contributed by atoms with Crippen LogP contribution in [0.1, 0.15) is 130 Å². The SMILES string of the molecule is CCCCCCCCNC(=O)NC(=O)C[C@@H]1NC(=O)[C@H](NC(=O)[C@@H](CC(C)C)NC)[C@H](O)c2ccc(c(Cl)c2)Oc2cc3cc(c2OC)Oc2ccc(cc2Cl)[C@@H](O)[C@@H]2NC(=O)[C@H](NC(=O)[C@@H]3NC1=O)c1ccc(O)c(c1)-c1c(O)cc(O)cc1[C@@H](C(=O)O)NC2=O. The minimum atomic E-state index is -2.19. The van der Waals surface area contributed by atoms with Gasteiger partial charge in [0, 0.05) is 29.3 Å². The number of benzene rings is 5. The van der Waals surface area contributed by atoms with Gasteiger partial charge in [-0.1, -0.05) is 94.3 Å². The minimum absolute atomic E-state index is 0.0580. The lowest BCUT2D eigenvalue weighted by molar-refractivity contribution is -0.143. The number of aliphatic hydroxyl groups excluding tert-OH is 2. The summed E-state index contributed by atoms with van der Waals surface area (Å²) in [5.74, 6) is -13.8. The molecule has 5 aliphatic heterocycles. The number of carbonyl (C=O) groups is 9. The Labute approximate surface area is 537 Å². The smallest absolute Gasteiger partial charge is 0.330 e. The van der Waals surface area contributed by atoms with Crippen LogP contribution in [0.15, 0.2) is 78.9 Å². The first-order valence-electron chi connectivity index (χ1n) is 29.5. The van der Waals surface area contributed by atoms with Crippen molar-refractivity contribution in [1.82, 2.24) is 47.9 Å². The number of ether oxygens (including phenoxy) is 3. The van der Waals surface area contributed by atoms with Crippen molar-refractivity contribution in [2.75, 3.05) is 20.7 Å². The number of hydrogen-bond donors (Lipinski definition) is 15. The standard InChI is InChI=1S/C63H71Cl2N9O18/c1-6-7-8-9-10-11-18-67-63(89)69-46(78)27-39-57(82)70-49-32-23-44(91-42-16-13-30(21-36(42)64)53(79)51(60(85)68-39)73-56(81)38(66-4)19-28(2)3)55(90-5)45(24-32)92-43-17-14-31(22-37(43)65)54(80)52-61(86)72-50(62(87)88)35-25-33(75)26-41(77)47(35)34-20-29(12-15-40(34)76)48(58(83)74-52)71-59(49)84/h12-17,20-26,28,38-39,48-54,66,75-77,79-80H,6-11,18-19,27H2,1-5H3,(H,68,85)(H,70,82)(H,71,84)(H,72,86)(H,73,81)(H,74,83)(H,87,88)(H2,67,69,78,89)/t38-,39+,48-,49-,50+,51-,52+,53-,54-/m1/s1. The first-order valence-corrected chi connectivity index (χ1v) is 30.3. The van der Waals surface area contributed by atoms with E-state index >= 15 is 14.4 Å². The summed E-state index contributed by atoms with van der Waals surface area (Å²) < 4.78 is 18.7. The van der Waals surface area contributed by atoms with Gasteiger partial charge in [0.15, 0.2) is 17.5 Å². The van der Waals surface area contributed by atoms with Gasteiger partial charge < -0.3 is 87.4 Å². The minimum Gasteiger partial charge on any atom is -0.508 e. The van der Waals surface area contributed by atoms with Crippen LogP contribution >= 0.6 is 23.2 Å². The molecule has 5 aromatic carbocycles. The molecule has 11 bridgehead atoms. The molecule has 15 N–H and O–H groups in total. The number of nitrogens with one attached hydrogen (secondary N) is 9. The van der Waals surface area contributed by atoms with E-state index in [9.17, 15) is 59.4 Å². The summed E-state index contributed by atoms with van der Waals surface area (Å²) in [7, 11) is 2.72. The first kappa shape index (κ1) is 68.5. The number of carboxylic acids is 1. The molecular formula is C63H71Cl2N9O18. The summed E-state index contributed by atoms with van der Waals surface area (Å²) in [5, 5.41) is 90.4. The molecule has 5 aromatic rings. The van der Waals surface area contributed by atoms with E-state index in [0.717, 1.165) is 68.5 Å². The van der Waals surface area contributed by atoms with Crippen LogP contribution in [0, 0.1) is 5.92 Å². The topological polar surface area (TPSA) is 411 Å². The summed E-state index contributed by atoms with van der Waals surface area (Å²) in [4.78, 5) is 130. The van der Waals surface area contributed by atoms with Crippen molar-refractivity contribution in [2.24, 2.45) is 5.92 Å². The van der Waals surface area contributed by atoms with Crippen LogP contribution in [0.3, 0.4) is 0 Å². The summed E-state index contributed by atoms with van der Waals surface area (Å²) in [6.07, 6.45) is 0.410. The number of phenols is 3. The second-order valence-corrected chi connectivity index (χ2v) is 23.5. The van der Waals surface area contributed by atoms with Gasteiger partial charge in [0.1, 0.15) is 71.2 Å². The zero-order valence-electron chi connectivity index (χ0n) is 50.5. The molecule has 9 amide bonds. The predicted molar refractivity (Wildman–Crippen MR) is 331 cm³/mol. The van der Waals surface area contributed by atoms with Gasteiger partial charge in [-0.15, -0.1) is 0 Å². The molecule has 0 unspecified atom stereocenters. The number of unbranched alkanes of at least 4 members (excludes halogenated alkanes) is 5. The predicted octanol–water partition coefficient (Wildman–Crippen LogP) is 5.40. The van der Waals surface area contributed by atoms with Gasteiger partial charge in [-0.25, -0.2) is 9.59 Å². The number of carboxylic acid groups (broad SMARTS) is 1. The largest absolute Gasteiger partial charge is 0.508 e. The number of amides is 9. The summed E-state index contributed by atoms with van der Waals surface area (Å²) in [6.45, 7) is 5.93. The van der Waals surface area contributed by atoms with Crippen molar-refractivity contribution in [3.05, 3.63) is 117 Å². The van der Waals surface area contributed by atoms with E-state index < -0.39 is 148 Å². The van der Waals surface area contributed by atoms with E-state index in [1.165, 1.54) is 56.6 Å². The molecule has 0 aromatic heterocycles. The van der Waals surface area contributed by atoms with Gasteiger partial charge in [0.05, 0.1) is 29.6 Å². The van der Waals surface area contributed by atoms with Crippen molar-refractivity contribution in [3.8, 4) is 57.1 Å². The van der Waals surface area contributed by atoms with Crippen molar-refractivity contribution >= 4 is 76.6 Å². The van der Waals surface area contributed by atoms with Crippen molar-refractivity contribution in [1.29, 1.82) is 0 Å². The highest BCUT2D eigenvalue weighted by Gasteiger charge is 2.42. The zero-order valence-corrected chi connectivity index (χ0v) is 52.0. The number of hydrogen-bond acceptors (Lipinski definition) is 18. The van der Waals surface area contributed by atoms with Crippen LogP contribution in [-0.4, -0.2) is 129 Å². The highest BCUT2D eigenvalue weighted by atomic mass is 35.5. The fourth-order valence-electron chi connectivity index (χ4n) is 10.8. The number of imide groups is 1. The molecule has 5 aliphatic rings. The molecule has 27 nitrogen and oxygen atoms in total. The molecule has 9 atom stereocenters. The highest BCUT2D eigenvalue weighted by molar-refractivity contribution is 6.32. The third-order valence-corrected chi connectivity index (χ3v) is 16.2. The van der Waals surface area contributed by atoms with Crippen LogP contribution in [0.25, 0.3) is 11.1 Å². The lowest BCUT2D eigenvalue weighted by Gasteiger charge is -2.31. The number of phenolic OH excluding ortho intramolecular Hbond substituents is 3. The van der Waals surface area contributed by atoms with E-state index in [2.05, 4.69) is 54.8 Å². The number of aliphatic hydroxyl groups is 2. The molecule has 0 radical (unpaired) electrons. The maximum absolute atomic E-state index is 15.8. The van der Waals surface area contributed by atoms with Gasteiger partial charge in [-0.3, -0.25) is 38.9 Å². The Morgan fingerprint density at radius 3 is 1.86 bits per heavy atom. The molecule has 92 heavy (non-hydrogen) atoms. The lowest BCUT2D eigenvalue weighted by atomic mass is 9.89. The Balaban J connectivity index is 1.34. The van der Waals surface area contributed by atoms with Crippen LogP contribution in [0.4, 0.5) is 4.79 Å². The molecule has 0 spiro atoms. The third-order valence-electron chi connectivity index (χ3n) is 15.6. The number of methoxy groups -OCH3 is 1. The van der Waals surface area contributed by atoms with Crippen molar-refractivity contribution in [3.63, 3.8) is 0 Å². The molecule has 0 saturated carbocycles. The van der Waals surface area contributed by atoms with Gasteiger partial charge in [-0.05, 0) is 103 Å². The molecule has 0 saturated heterocycles. The van der Waals surface area contributed by atoms with Crippen LogP contribution in [0.5, 0.6) is 46.0 Å². The molecule has 5 heterocycles. The van der Waals surface area contributed by atoms with E-state index in [1.54, 1.807) is 0 Å². The highest BCUT2D eigenvalue weighted by Crippen LogP contribution is 2.48. The fraction of sp³-hybridized carbons (Fsp3) is 0.381. The van der Waals surface area contributed by atoms with Crippen molar-refractivity contribution in [2.45, 2.75) is 127 Å². The zero-order chi connectivity index (χ0) is 66.8. The van der Waals surface area contributed by atoms with Gasteiger partial charge in [-0.2, -0.15) is 0 Å². The van der Waals surface area contributed by atoms with Gasteiger partial charge in [0.2, 0.25) is 47.1 Å². The Bertz CT molecular complexity index is 3680. The van der Waals surface area contributed by atoms with E-state index in [1.807, 2.05) is 13.8 Å². The molecule has 0 aliphatic carbocycles. The summed E-state index contributed by atoms with van der Waals surface area (Å²) >= 11 is 13.8. The monoisotopic (exact) mass is 1310 g/mol. The van der Waals surface area contributed by atoms with Crippen LogP contribution in [0.2, 0.25) is 10.0 Å². The number of likely N-dealkylation sites (N-methyl/N-ethyl adjacent to an activating group) is 1. The molecule has 10 rings (SSSR count). The Morgan fingerprint density at radius 2 is 1.25 bits per heavy atom. The average Bonchev–Trinajstić information content (AvgIpc) is 0.777. The third kappa shape index (κ3) is 16.0. The number of carbonyl (C=O) groups excluding carboxylic acids is 8. The van der Waals surface area contributed by atoms with E-state index in [4.69, 9.17) is 37.4 Å². The second-order valence-electron chi connectivity index (χ2n) is 22.7. The first-order chi connectivity index (χ1) is 43.8. The van der Waals surface area contributed by atoms with E-state index in [0.29, 0.717) is 6.42 Å². The van der Waals surface area contributed by atoms with Gasteiger partial charge >= 0.3 is 12.0 Å². The van der Waals surface area contributed by atoms with Crippen LogP contribution in [-0.2, 0) is 38.4 Å². The maximum Gasteiger partial charge on any atom is 0.330 e. The molecule has 0 fully saturated rings. The number of urea groups is 1. The maximum atomic E-state index is 15.8. The van der Waals surface area contributed by atoms with Crippen LogP contribution < -0.4 is 62.1 Å². The number of aliphatic carboxylic acids is 1. The van der Waals surface area contributed by atoms with Gasteiger partial charge in [0.25, 0.3) is 0 Å². The Hall–Kier alpha value is -9.41. The fourth-order valence-corrected chi connectivity index (χ4v) is 11.3. The Morgan fingerprint density at radius 1 is 0.652 bits per heavy atom. The van der Waals surface area contributed by atoms with Crippen molar-refractivity contribution < 1.29 is 88.0 Å². The summed E-state index contributed by atoms with van der Waals surface area (Å²) in [5.41, 5.74) is -2.22.